The highest BCUT2D eigenvalue weighted by Gasteiger charge is 2.28. The van der Waals surface area contributed by atoms with Crippen LogP contribution in [0, 0.1) is 12.7 Å². The molecule has 9 nitrogen and oxygen atoms in total. The highest BCUT2D eigenvalue weighted by Crippen LogP contribution is 2.39. The predicted molar refractivity (Wildman–Crippen MR) is 159 cm³/mol. The van der Waals surface area contributed by atoms with E-state index in [1.807, 2.05) is 30.3 Å². The summed E-state index contributed by atoms with van der Waals surface area (Å²) in [6, 6.07) is 16.5. The Morgan fingerprint density at radius 3 is 2.40 bits per heavy atom. The fourth-order valence-corrected chi connectivity index (χ4v) is 4.55. The molecule has 0 aliphatic rings. The molecule has 234 valence electrons. The first-order chi connectivity index (χ1) is 21.4. The van der Waals surface area contributed by atoms with Crippen LogP contribution in [-0.2, 0) is 11.3 Å². The SMILES string of the molecule is Cc1c(-c2ccc(NC(=O)OC(C)(C)C)cn2)n(-c2ccc(OCc3ccccc3)c(F)c2)c2c(OC(F)C(F)F)ncnc12. The molecule has 0 aliphatic heterocycles. The van der Waals surface area contributed by atoms with E-state index in [-0.39, 0.29) is 29.1 Å². The number of alkyl halides is 3. The molecular weight excluding hydrogens is 594 g/mol. The molecular formula is C32H29F4N5O4. The molecule has 1 N–H and O–H groups in total. The molecule has 3 aromatic heterocycles. The standard InChI is InChI=1S/C32H29F4N5O4/c1-18-25-27(30(39-17-38-25)44-29(36)28(34)35)41(21-11-13-24(22(33)14-21)43-16-19-8-6-5-7-9-19)26(18)23-12-10-20(15-37-23)40-31(42)45-32(2,3)4/h5-15,17,28-29H,16H2,1-4H3,(H,40,42). The Kier molecular flexibility index (Phi) is 8.89. The van der Waals surface area contributed by atoms with E-state index in [2.05, 4.69) is 20.3 Å². The fraction of sp³-hybridized carbons (Fsp3) is 0.250. The molecule has 13 heteroatoms. The maximum Gasteiger partial charge on any atom is 0.412 e. The Hall–Kier alpha value is -5.20. The number of nitrogens with one attached hydrogen (secondary N) is 1. The van der Waals surface area contributed by atoms with Crippen molar-refractivity contribution in [2.45, 2.75) is 52.7 Å². The van der Waals surface area contributed by atoms with Crippen LogP contribution in [0.2, 0.25) is 0 Å². The normalized spacial score (nSPS) is 12.3. The van der Waals surface area contributed by atoms with Gasteiger partial charge in [-0.3, -0.25) is 10.3 Å². The monoisotopic (exact) mass is 623 g/mol. The highest BCUT2D eigenvalue weighted by atomic mass is 19.3. The van der Waals surface area contributed by atoms with Gasteiger partial charge in [-0.25, -0.2) is 22.9 Å². The number of hydrogen-bond acceptors (Lipinski definition) is 7. The predicted octanol–water partition coefficient (Wildman–Crippen LogP) is 7.80. The molecule has 45 heavy (non-hydrogen) atoms. The average molecular weight is 624 g/mol. The van der Waals surface area contributed by atoms with E-state index in [4.69, 9.17) is 14.2 Å². The second-order valence-corrected chi connectivity index (χ2v) is 10.9. The van der Waals surface area contributed by atoms with E-state index in [0.717, 1.165) is 11.9 Å². The lowest BCUT2D eigenvalue weighted by atomic mass is 10.1. The van der Waals surface area contributed by atoms with Crippen molar-refractivity contribution in [2.75, 3.05) is 5.32 Å². The fourth-order valence-electron chi connectivity index (χ4n) is 4.55. The third kappa shape index (κ3) is 7.14. The molecule has 1 unspecified atom stereocenters. The summed E-state index contributed by atoms with van der Waals surface area (Å²) in [5, 5.41) is 2.59. The number of benzene rings is 2. The number of aromatic nitrogens is 4. The van der Waals surface area contributed by atoms with Gasteiger partial charge in [0.2, 0.25) is 5.88 Å². The van der Waals surface area contributed by atoms with Gasteiger partial charge < -0.3 is 18.8 Å². The summed E-state index contributed by atoms with van der Waals surface area (Å²) in [6.07, 6.45) is -4.65. The Balaban J connectivity index is 1.59. The molecule has 5 rings (SSSR count). The summed E-state index contributed by atoms with van der Waals surface area (Å²) in [7, 11) is 0. The molecule has 3 heterocycles. The smallest absolute Gasteiger partial charge is 0.412 e. The van der Waals surface area contributed by atoms with Crippen molar-refractivity contribution in [1.82, 2.24) is 19.5 Å². The van der Waals surface area contributed by atoms with E-state index < -0.39 is 36.2 Å². The maximum absolute atomic E-state index is 15.5. The van der Waals surface area contributed by atoms with Crippen LogP contribution in [0.1, 0.15) is 31.9 Å². The highest BCUT2D eigenvalue weighted by molar-refractivity contribution is 5.93. The van der Waals surface area contributed by atoms with Crippen molar-refractivity contribution >= 4 is 22.8 Å². The zero-order valence-electron chi connectivity index (χ0n) is 24.7. The first-order valence-corrected chi connectivity index (χ1v) is 13.8. The number of ether oxygens (including phenoxy) is 3. The van der Waals surface area contributed by atoms with Gasteiger partial charge in [0.05, 0.1) is 28.8 Å². The maximum atomic E-state index is 15.5. The number of pyridine rings is 1. The van der Waals surface area contributed by atoms with Crippen LogP contribution in [0.4, 0.5) is 28.0 Å². The number of nitrogens with zero attached hydrogens (tertiary/aromatic N) is 4. The van der Waals surface area contributed by atoms with Crippen LogP contribution in [-0.4, -0.2) is 44.0 Å². The molecule has 5 aromatic rings. The number of anilines is 1. The number of halogens is 4. The first kappa shape index (κ1) is 31.2. The van der Waals surface area contributed by atoms with Crippen LogP contribution < -0.4 is 14.8 Å². The number of carbonyl (C=O) groups excluding carboxylic acids is 1. The minimum Gasteiger partial charge on any atom is -0.486 e. The zero-order valence-corrected chi connectivity index (χ0v) is 24.7. The van der Waals surface area contributed by atoms with Gasteiger partial charge in [0.25, 0.3) is 6.36 Å². The Morgan fingerprint density at radius 1 is 1.00 bits per heavy atom. The molecule has 2 aromatic carbocycles. The molecule has 0 bridgehead atoms. The minimum atomic E-state index is -3.44. The number of rotatable bonds is 9. The topological polar surface area (TPSA) is 100 Å². The average Bonchev–Trinajstić information content (AvgIpc) is 3.29. The molecule has 0 saturated heterocycles. The minimum absolute atomic E-state index is 0.0170. The lowest BCUT2D eigenvalue weighted by Gasteiger charge is -2.19. The summed E-state index contributed by atoms with van der Waals surface area (Å²) in [4.78, 5) is 24.9. The van der Waals surface area contributed by atoms with E-state index in [0.29, 0.717) is 22.6 Å². The van der Waals surface area contributed by atoms with Crippen molar-refractivity contribution in [3.05, 3.63) is 90.1 Å². The third-order valence-electron chi connectivity index (χ3n) is 6.43. The Labute approximate surface area is 255 Å². The molecule has 0 aliphatic carbocycles. The summed E-state index contributed by atoms with van der Waals surface area (Å²) in [5.74, 6) is -1.22. The molecule has 1 atom stereocenters. The molecule has 0 spiro atoms. The van der Waals surface area contributed by atoms with Crippen LogP contribution in [0.5, 0.6) is 11.6 Å². The third-order valence-corrected chi connectivity index (χ3v) is 6.43. The van der Waals surface area contributed by atoms with E-state index in [1.54, 1.807) is 45.9 Å². The van der Waals surface area contributed by atoms with Crippen molar-refractivity contribution < 1.29 is 36.6 Å². The van der Waals surface area contributed by atoms with Gasteiger partial charge in [0, 0.05) is 17.3 Å². The van der Waals surface area contributed by atoms with Gasteiger partial charge in [0.1, 0.15) is 24.1 Å². The van der Waals surface area contributed by atoms with Gasteiger partial charge in [-0.1, -0.05) is 30.3 Å². The number of carbonyl (C=O) groups is 1. The van der Waals surface area contributed by atoms with Crippen LogP contribution in [0.15, 0.2) is 73.2 Å². The summed E-state index contributed by atoms with van der Waals surface area (Å²) < 4.78 is 73.2. The van der Waals surface area contributed by atoms with Gasteiger partial charge in [-0.2, -0.15) is 9.37 Å². The van der Waals surface area contributed by atoms with Gasteiger partial charge in [0.15, 0.2) is 11.6 Å². The van der Waals surface area contributed by atoms with Crippen LogP contribution in [0.25, 0.3) is 28.1 Å². The number of amides is 1. The van der Waals surface area contributed by atoms with Crippen LogP contribution in [0.3, 0.4) is 0 Å². The van der Waals surface area contributed by atoms with Crippen molar-refractivity contribution in [1.29, 1.82) is 0 Å². The Morgan fingerprint density at radius 2 is 1.76 bits per heavy atom. The lowest BCUT2D eigenvalue weighted by Crippen LogP contribution is -2.27. The molecule has 0 fully saturated rings. The summed E-state index contributed by atoms with van der Waals surface area (Å²) >= 11 is 0. The Bertz CT molecular complexity index is 1810. The first-order valence-electron chi connectivity index (χ1n) is 13.8. The lowest BCUT2D eigenvalue weighted by molar-refractivity contribution is -0.0683. The second kappa shape index (κ2) is 12.8. The van der Waals surface area contributed by atoms with E-state index in [9.17, 15) is 18.0 Å². The van der Waals surface area contributed by atoms with Gasteiger partial charge in [-0.15, -0.1) is 0 Å². The van der Waals surface area contributed by atoms with Gasteiger partial charge in [-0.05, 0) is 57.5 Å². The summed E-state index contributed by atoms with van der Waals surface area (Å²) in [6.45, 7) is 7.00. The number of aryl methyl sites for hydroxylation is 1. The van der Waals surface area contributed by atoms with Crippen molar-refractivity contribution in [2.24, 2.45) is 0 Å². The zero-order chi connectivity index (χ0) is 32.3. The van der Waals surface area contributed by atoms with E-state index in [1.165, 1.54) is 22.9 Å². The van der Waals surface area contributed by atoms with Crippen LogP contribution >= 0.6 is 0 Å². The molecule has 0 saturated carbocycles. The van der Waals surface area contributed by atoms with Crippen molar-refractivity contribution in [3.8, 4) is 28.7 Å². The van der Waals surface area contributed by atoms with E-state index >= 15 is 4.39 Å². The summed E-state index contributed by atoms with van der Waals surface area (Å²) in [5.41, 5.74) is 2.11. The number of fused-ring (bicyclic) bond motifs is 1. The van der Waals surface area contributed by atoms with Crippen molar-refractivity contribution in [3.63, 3.8) is 0 Å². The van der Waals surface area contributed by atoms with Gasteiger partial charge >= 0.3 is 12.5 Å². The quantitative estimate of drug-likeness (QED) is 0.167. The molecule has 0 radical (unpaired) electrons. The molecule has 1 amide bonds. The second-order valence-electron chi connectivity index (χ2n) is 10.9. The number of hydrogen-bond donors (Lipinski definition) is 1. The largest absolute Gasteiger partial charge is 0.486 e.